The number of aryl methyl sites for hydroxylation is 2. The summed E-state index contributed by atoms with van der Waals surface area (Å²) in [6.07, 6.45) is 17.6. The van der Waals surface area contributed by atoms with Gasteiger partial charge in [-0.3, -0.25) is 9.78 Å². The number of nitrogens with one attached hydrogen (secondary N) is 1. The van der Waals surface area contributed by atoms with Gasteiger partial charge in [-0.1, -0.05) is 102 Å². The van der Waals surface area contributed by atoms with Gasteiger partial charge in [0.05, 0.1) is 23.5 Å². The van der Waals surface area contributed by atoms with Crippen LogP contribution in [0.2, 0.25) is 0 Å². The standard InChI is InChI=1S/C29H34N4O.2C2H6/c1-19-7-9-21(10-8-19)18-27(34)33-29-26(17-20-5-3-2-4-6-20)31-28-23-12-13-24(30)16-22(15-23)11-14-25(28)32-29;2*1-2/h7-10,12-13,15-16,20,23H,2-6,11,14,17-18,30H2,1H3,(H,32,33,34);2*1-2H3. The maximum Gasteiger partial charge on any atom is 0.229 e. The molecule has 1 amide bonds. The fourth-order valence-electron chi connectivity index (χ4n) is 5.34. The lowest BCUT2D eigenvalue weighted by Gasteiger charge is -2.23. The molecule has 3 aliphatic carbocycles. The average molecular weight is 515 g/mol. The van der Waals surface area contributed by atoms with Gasteiger partial charge in [-0.25, -0.2) is 4.98 Å². The van der Waals surface area contributed by atoms with Crippen molar-refractivity contribution in [3.63, 3.8) is 0 Å². The molecule has 1 atom stereocenters. The number of carbonyl (C=O) groups is 1. The molecule has 1 fully saturated rings. The Kier molecular flexibility index (Phi) is 11.3. The molecule has 1 aromatic heterocycles. The van der Waals surface area contributed by atoms with Crippen LogP contribution in [0.3, 0.4) is 0 Å². The minimum Gasteiger partial charge on any atom is -0.399 e. The van der Waals surface area contributed by atoms with Crippen LogP contribution < -0.4 is 11.1 Å². The van der Waals surface area contributed by atoms with Gasteiger partial charge in [-0.2, -0.15) is 0 Å². The number of carbonyl (C=O) groups excluding carboxylic acids is 1. The lowest BCUT2D eigenvalue weighted by atomic mass is 9.86. The van der Waals surface area contributed by atoms with Crippen LogP contribution >= 0.6 is 0 Å². The molecule has 3 aliphatic rings. The van der Waals surface area contributed by atoms with Gasteiger partial charge < -0.3 is 11.1 Å². The van der Waals surface area contributed by atoms with Crippen molar-refractivity contribution < 1.29 is 4.79 Å². The molecule has 0 spiro atoms. The minimum atomic E-state index is -0.0382. The van der Waals surface area contributed by atoms with Crippen LogP contribution in [-0.4, -0.2) is 15.9 Å². The molecule has 204 valence electrons. The van der Waals surface area contributed by atoms with E-state index in [1.807, 2.05) is 58.0 Å². The van der Waals surface area contributed by atoms with Gasteiger partial charge in [0.2, 0.25) is 5.91 Å². The van der Waals surface area contributed by atoms with Crippen molar-refractivity contribution in [3.05, 3.63) is 88.0 Å². The zero-order chi connectivity index (χ0) is 27.5. The lowest BCUT2D eigenvalue weighted by Crippen LogP contribution is -2.21. The van der Waals surface area contributed by atoms with Gasteiger partial charge in [0.15, 0.2) is 5.82 Å². The molecular formula is C33H46N4O. The molecule has 0 radical (unpaired) electrons. The van der Waals surface area contributed by atoms with Crippen molar-refractivity contribution in [3.8, 4) is 0 Å². The second-order valence-electron chi connectivity index (χ2n) is 10.0. The molecule has 38 heavy (non-hydrogen) atoms. The Bertz CT molecular complexity index is 1150. The number of amides is 1. The molecule has 1 unspecified atom stereocenters. The second-order valence-corrected chi connectivity index (χ2v) is 10.0. The largest absolute Gasteiger partial charge is 0.399 e. The number of nitrogens with two attached hydrogens (primary N) is 1. The molecule has 1 heterocycles. The lowest BCUT2D eigenvalue weighted by molar-refractivity contribution is -0.115. The molecule has 0 aliphatic heterocycles. The third-order valence-corrected chi connectivity index (χ3v) is 7.23. The van der Waals surface area contributed by atoms with Crippen molar-refractivity contribution >= 4 is 11.7 Å². The first-order valence-corrected chi connectivity index (χ1v) is 14.6. The van der Waals surface area contributed by atoms with E-state index in [1.165, 1.54) is 43.2 Å². The number of hydrogen-bond acceptors (Lipinski definition) is 4. The van der Waals surface area contributed by atoms with E-state index in [0.29, 0.717) is 18.2 Å². The number of anilines is 1. The molecular weight excluding hydrogens is 468 g/mol. The highest BCUT2D eigenvalue weighted by atomic mass is 16.1. The summed E-state index contributed by atoms with van der Waals surface area (Å²) in [6.45, 7) is 10.1. The van der Waals surface area contributed by atoms with E-state index >= 15 is 0 Å². The zero-order valence-electron chi connectivity index (χ0n) is 24.0. The first kappa shape index (κ1) is 29.3. The van der Waals surface area contributed by atoms with Crippen molar-refractivity contribution in [2.45, 2.75) is 98.3 Å². The molecule has 1 aromatic carbocycles. The minimum absolute atomic E-state index is 0.0382. The van der Waals surface area contributed by atoms with Crippen LogP contribution in [0.15, 0.2) is 59.8 Å². The Labute approximate surface area is 229 Å². The maximum absolute atomic E-state index is 13.0. The summed E-state index contributed by atoms with van der Waals surface area (Å²) in [5.41, 5.74) is 13.2. The summed E-state index contributed by atoms with van der Waals surface area (Å²) >= 11 is 0. The predicted molar refractivity (Wildman–Crippen MR) is 159 cm³/mol. The Hall–Kier alpha value is -3.21. The van der Waals surface area contributed by atoms with Gasteiger partial charge in [-0.15, -0.1) is 0 Å². The number of benzene rings is 1. The highest BCUT2D eigenvalue weighted by molar-refractivity contribution is 5.91. The summed E-state index contributed by atoms with van der Waals surface area (Å²) in [5, 5.41) is 3.13. The summed E-state index contributed by atoms with van der Waals surface area (Å²) < 4.78 is 0. The van der Waals surface area contributed by atoms with Crippen LogP contribution in [0.5, 0.6) is 0 Å². The van der Waals surface area contributed by atoms with E-state index in [-0.39, 0.29) is 11.8 Å². The smallest absolute Gasteiger partial charge is 0.229 e. The summed E-state index contributed by atoms with van der Waals surface area (Å²) in [7, 11) is 0. The first-order chi connectivity index (χ1) is 18.5. The van der Waals surface area contributed by atoms with Crippen LogP contribution in [0.1, 0.15) is 100 Å². The van der Waals surface area contributed by atoms with Crippen LogP contribution in [0.4, 0.5) is 5.82 Å². The second kappa shape index (κ2) is 14.7. The third-order valence-electron chi connectivity index (χ3n) is 7.23. The fourth-order valence-corrected chi connectivity index (χ4v) is 5.34. The molecule has 1 saturated carbocycles. The van der Waals surface area contributed by atoms with Gasteiger partial charge in [0.25, 0.3) is 0 Å². The topological polar surface area (TPSA) is 80.9 Å². The number of hydrogen-bond donors (Lipinski definition) is 2. The van der Waals surface area contributed by atoms with E-state index in [1.54, 1.807) is 0 Å². The Morgan fingerprint density at radius 1 is 1.00 bits per heavy atom. The van der Waals surface area contributed by atoms with E-state index in [2.05, 4.69) is 30.5 Å². The number of nitrogens with zero attached hydrogens (tertiary/aromatic N) is 2. The number of rotatable bonds is 5. The highest BCUT2D eigenvalue weighted by Gasteiger charge is 2.25. The normalized spacial score (nSPS) is 18.2. The third kappa shape index (κ3) is 7.89. The van der Waals surface area contributed by atoms with E-state index in [0.717, 1.165) is 47.6 Å². The Morgan fingerprint density at radius 3 is 2.42 bits per heavy atom. The quantitative estimate of drug-likeness (QED) is 0.433. The number of allylic oxidation sites excluding steroid dienone is 5. The summed E-state index contributed by atoms with van der Waals surface area (Å²) in [4.78, 5) is 23.2. The predicted octanol–water partition coefficient (Wildman–Crippen LogP) is 7.51. The van der Waals surface area contributed by atoms with Crippen LogP contribution in [0, 0.1) is 12.8 Å². The van der Waals surface area contributed by atoms with Crippen molar-refractivity contribution in [2.75, 3.05) is 5.32 Å². The molecule has 5 nitrogen and oxygen atoms in total. The van der Waals surface area contributed by atoms with E-state index in [4.69, 9.17) is 15.7 Å². The fraction of sp³-hybridized carbons (Fsp3) is 0.485. The monoisotopic (exact) mass is 514 g/mol. The maximum atomic E-state index is 13.0. The SMILES string of the molecule is CC.CC.Cc1ccc(CC(=O)Nc2nc3c(nc2CC2CCCCC2)C2C=CC(N)=CC(=C2)CC3)cc1. The summed E-state index contributed by atoms with van der Waals surface area (Å²) in [6, 6.07) is 8.12. The summed E-state index contributed by atoms with van der Waals surface area (Å²) in [5.74, 6) is 1.29. The molecule has 5 rings (SSSR count). The Morgan fingerprint density at radius 2 is 1.71 bits per heavy atom. The molecule has 2 bridgehead atoms. The zero-order valence-corrected chi connectivity index (χ0v) is 24.0. The highest BCUT2D eigenvalue weighted by Crippen LogP contribution is 2.34. The van der Waals surface area contributed by atoms with E-state index < -0.39 is 0 Å². The van der Waals surface area contributed by atoms with Gasteiger partial charge in [0, 0.05) is 11.6 Å². The molecule has 2 aromatic rings. The van der Waals surface area contributed by atoms with Gasteiger partial charge >= 0.3 is 0 Å². The van der Waals surface area contributed by atoms with Gasteiger partial charge in [0.1, 0.15) is 0 Å². The Balaban J connectivity index is 0.000000956. The van der Waals surface area contributed by atoms with Crippen molar-refractivity contribution in [1.82, 2.24) is 9.97 Å². The van der Waals surface area contributed by atoms with E-state index in [9.17, 15) is 4.79 Å². The molecule has 3 N–H and O–H groups in total. The molecule has 0 saturated heterocycles. The molecule has 5 heteroatoms. The van der Waals surface area contributed by atoms with Crippen LogP contribution in [-0.2, 0) is 24.1 Å². The number of aromatic nitrogens is 2. The first-order valence-electron chi connectivity index (χ1n) is 14.6. The number of fused-ring (bicyclic) bond motifs is 3. The van der Waals surface area contributed by atoms with Gasteiger partial charge in [-0.05, 0) is 55.4 Å². The van der Waals surface area contributed by atoms with Crippen molar-refractivity contribution in [1.29, 1.82) is 0 Å². The average Bonchev–Trinajstić information content (AvgIpc) is 3.23. The van der Waals surface area contributed by atoms with Crippen LogP contribution in [0.25, 0.3) is 0 Å². The van der Waals surface area contributed by atoms with Crippen molar-refractivity contribution in [2.24, 2.45) is 11.7 Å².